The largest absolute Gasteiger partial charge is 0.458 e. The number of ketones is 1. The third kappa shape index (κ3) is 2.15. The van der Waals surface area contributed by atoms with Gasteiger partial charge >= 0.3 is 5.97 Å². The molecule has 1 spiro atoms. The van der Waals surface area contributed by atoms with Crippen LogP contribution in [0.4, 0.5) is 0 Å². The predicted octanol–water partition coefficient (Wildman–Crippen LogP) is 5.15. The van der Waals surface area contributed by atoms with Crippen molar-refractivity contribution in [1.29, 1.82) is 0 Å². The van der Waals surface area contributed by atoms with Gasteiger partial charge in [0.25, 0.3) is 0 Å². The molecule has 146 valence electrons. The standard InChI is InChI=1S/C24H32O3/c1-4-15-13-16-14-17(25)5-9-22(16,2)18-6-10-23(3)19(21(15)18)7-11-24(23)12-8-20(26)27-24/h6,13,15,19,21H,4-5,7-12,14H2,1-3H3/t15-,19?,21?,22+,23+,24?/m1/s1. The molecule has 4 aliphatic carbocycles. The van der Waals surface area contributed by atoms with Crippen LogP contribution in [0.2, 0.25) is 0 Å². The summed E-state index contributed by atoms with van der Waals surface area (Å²) in [5, 5.41) is 0. The summed E-state index contributed by atoms with van der Waals surface area (Å²) in [5.41, 5.74) is 2.91. The first-order valence-electron chi connectivity index (χ1n) is 11.0. The molecule has 1 saturated heterocycles. The smallest absolute Gasteiger partial charge is 0.306 e. The Labute approximate surface area is 162 Å². The number of allylic oxidation sites excluding steroid dienone is 4. The van der Waals surface area contributed by atoms with Gasteiger partial charge in [0.05, 0.1) is 0 Å². The van der Waals surface area contributed by atoms with Gasteiger partial charge < -0.3 is 4.74 Å². The van der Waals surface area contributed by atoms with Gasteiger partial charge in [-0.15, -0.1) is 0 Å². The number of rotatable bonds is 1. The Kier molecular flexibility index (Phi) is 3.66. The van der Waals surface area contributed by atoms with Crippen molar-refractivity contribution in [2.75, 3.05) is 0 Å². The molecule has 3 fully saturated rings. The molecule has 0 aromatic heterocycles. The Morgan fingerprint density at radius 3 is 2.67 bits per heavy atom. The van der Waals surface area contributed by atoms with Crippen LogP contribution in [0.15, 0.2) is 23.3 Å². The maximum absolute atomic E-state index is 12.1. The fourth-order valence-corrected chi connectivity index (χ4v) is 7.60. The van der Waals surface area contributed by atoms with E-state index in [9.17, 15) is 9.59 Å². The lowest BCUT2D eigenvalue weighted by molar-refractivity contribution is -0.160. The van der Waals surface area contributed by atoms with Gasteiger partial charge in [-0.25, -0.2) is 0 Å². The molecule has 0 aromatic rings. The summed E-state index contributed by atoms with van der Waals surface area (Å²) in [6.07, 6.45) is 13.2. The van der Waals surface area contributed by atoms with Gasteiger partial charge in [0, 0.05) is 30.1 Å². The Hall–Kier alpha value is -1.38. The van der Waals surface area contributed by atoms with E-state index in [2.05, 4.69) is 32.9 Å². The van der Waals surface area contributed by atoms with Crippen LogP contribution in [-0.4, -0.2) is 17.4 Å². The molecule has 3 nitrogen and oxygen atoms in total. The van der Waals surface area contributed by atoms with Crippen molar-refractivity contribution in [2.45, 2.75) is 84.2 Å². The fraction of sp³-hybridized carbons (Fsp3) is 0.750. The number of ether oxygens (including phenoxy) is 1. The molecule has 3 heteroatoms. The summed E-state index contributed by atoms with van der Waals surface area (Å²) < 4.78 is 6.05. The summed E-state index contributed by atoms with van der Waals surface area (Å²) in [4.78, 5) is 24.2. The fourth-order valence-electron chi connectivity index (χ4n) is 7.60. The van der Waals surface area contributed by atoms with Crippen molar-refractivity contribution in [3.63, 3.8) is 0 Å². The van der Waals surface area contributed by atoms with Gasteiger partial charge in [0.1, 0.15) is 11.4 Å². The van der Waals surface area contributed by atoms with E-state index in [-0.39, 0.29) is 22.4 Å². The molecule has 0 aromatic carbocycles. The quantitative estimate of drug-likeness (QED) is 0.475. The van der Waals surface area contributed by atoms with Crippen molar-refractivity contribution >= 4 is 11.8 Å². The first-order valence-corrected chi connectivity index (χ1v) is 11.0. The zero-order valence-corrected chi connectivity index (χ0v) is 17.0. The summed E-state index contributed by atoms with van der Waals surface area (Å²) in [6, 6.07) is 0. The molecule has 2 saturated carbocycles. The maximum atomic E-state index is 12.1. The van der Waals surface area contributed by atoms with Gasteiger partial charge in [-0.05, 0) is 56.3 Å². The highest BCUT2D eigenvalue weighted by atomic mass is 16.6. The molecular formula is C24H32O3. The Morgan fingerprint density at radius 1 is 1.15 bits per heavy atom. The van der Waals surface area contributed by atoms with E-state index in [4.69, 9.17) is 4.74 Å². The lowest BCUT2D eigenvalue weighted by Crippen LogP contribution is -2.52. The number of hydrogen-bond acceptors (Lipinski definition) is 3. The first-order chi connectivity index (χ1) is 12.8. The lowest BCUT2D eigenvalue weighted by Gasteiger charge is -2.56. The van der Waals surface area contributed by atoms with Crippen LogP contribution in [0, 0.1) is 28.6 Å². The molecule has 27 heavy (non-hydrogen) atoms. The average molecular weight is 369 g/mol. The summed E-state index contributed by atoms with van der Waals surface area (Å²) >= 11 is 0. The van der Waals surface area contributed by atoms with E-state index >= 15 is 0 Å². The van der Waals surface area contributed by atoms with E-state index < -0.39 is 0 Å². The number of carbonyl (C=O) groups is 2. The third-order valence-electron chi connectivity index (χ3n) is 9.28. The normalized spacial score (nSPS) is 48.5. The van der Waals surface area contributed by atoms with Gasteiger partial charge in [-0.1, -0.05) is 44.1 Å². The molecule has 1 heterocycles. The van der Waals surface area contributed by atoms with E-state index in [0.717, 1.165) is 38.5 Å². The van der Waals surface area contributed by atoms with Crippen molar-refractivity contribution in [3.8, 4) is 0 Å². The van der Waals surface area contributed by atoms with Crippen molar-refractivity contribution in [1.82, 2.24) is 0 Å². The monoisotopic (exact) mass is 368 g/mol. The van der Waals surface area contributed by atoms with Gasteiger partial charge in [-0.2, -0.15) is 0 Å². The zero-order valence-electron chi connectivity index (χ0n) is 17.0. The molecular weight excluding hydrogens is 336 g/mol. The van der Waals surface area contributed by atoms with Crippen LogP contribution in [0.5, 0.6) is 0 Å². The molecule has 1 aliphatic heterocycles. The maximum Gasteiger partial charge on any atom is 0.306 e. The highest BCUT2D eigenvalue weighted by Gasteiger charge is 2.66. The van der Waals surface area contributed by atoms with Crippen LogP contribution in [0.1, 0.15) is 78.6 Å². The number of Topliss-reactive ketones (excluding diaryl/α,β-unsaturated/α-hetero) is 1. The minimum Gasteiger partial charge on any atom is -0.458 e. The average Bonchev–Trinajstić information content (AvgIpc) is 3.16. The van der Waals surface area contributed by atoms with E-state index in [0.29, 0.717) is 36.4 Å². The summed E-state index contributed by atoms with van der Waals surface area (Å²) in [5.74, 6) is 2.06. The molecule has 0 N–H and O–H groups in total. The molecule has 0 amide bonds. The summed E-state index contributed by atoms with van der Waals surface area (Å²) in [7, 11) is 0. The predicted molar refractivity (Wildman–Crippen MR) is 104 cm³/mol. The minimum atomic E-state index is -0.234. The van der Waals surface area contributed by atoms with E-state index in [1.165, 1.54) is 12.0 Å². The Morgan fingerprint density at radius 2 is 1.96 bits per heavy atom. The van der Waals surface area contributed by atoms with Crippen molar-refractivity contribution in [2.24, 2.45) is 28.6 Å². The highest BCUT2D eigenvalue weighted by molar-refractivity contribution is 5.83. The lowest BCUT2D eigenvalue weighted by atomic mass is 9.49. The van der Waals surface area contributed by atoms with Crippen LogP contribution in [0.25, 0.3) is 0 Å². The van der Waals surface area contributed by atoms with Gasteiger partial charge in [-0.3, -0.25) is 9.59 Å². The second-order valence-corrected chi connectivity index (χ2v) is 10.2. The molecule has 0 radical (unpaired) electrons. The Balaban J connectivity index is 1.60. The van der Waals surface area contributed by atoms with E-state index in [1.54, 1.807) is 5.57 Å². The topological polar surface area (TPSA) is 43.4 Å². The van der Waals surface area contributed by atoms with Gasteiger partial charge in [0.2, 0.25) is 0 Å². The highest BCUT2D eigenvalue weighted by Crippen LogP contribution is 2.68. The van der Waals surface area contributed by atoms with Crippen LogP contribution < -0.4 is 0 Å². The third-order valence-corrected chi connectivity index (χ3v) is 9.28. The second-order valence-electron chi connectivity index (χ2n) is 10.2. The molecule has 0 bridgehead atoms. The molecule has 5 aliphatic rings. The molecule has 3 unspecified atom stereocenters. The number of hydrogen-bond donors (Lipinski definition) is 0. The molecule has 5 rings (SSSR count). The van der Waals surface area contributed by atoms with E-state index in [1.807, 2.05) is 0 Å². The van der Waals surface area contributed by atoms with Crippen LogP contribution in [0.3, 0.4) is 0 Å². The number of esters is 1. The Bertz CT molecular complexity index is 776. The van der Waals surface area contributed by atoms with Gasteiger partial charge in [0.15, 0.2) is 0 Å². The first kappa shape index (κ1) is 17.7. The second kappa shape index (κ2) is 5.58. The van der Waals surface area contributed by atoms with Crippen molar-refractivity contribution in [3.05, 3.63) is 23.3 Å². The zero-order chi connectivity index (χ0) is 19.0. The molecule has 6 atom stereocenters. The van der Waals surface area contributed by atoms with Crippen LogP contribution >= 0.6 is 0 Å². The number of carbonyl (C=O) groups excluding carboxylic acids is 2. The van der Waals surface area contributed by atoms with Crippen LogP contribution in [-0.2, 0) is 14.3 Å². The van der Waals surface area contributed by atoms with Crippen molar-refractivity contribution < 1.29 is 14.3 Å². The SMILES string of the molecule is CC[C@@H]1C=C2CC(=O)CC[C@]2(C)C2=CC[C@@]3(C)C(CCC34CCC(=O)O4)C21. The summed E-state index contributed by atoms with van der Waals surface area (Å²) in [6.45, 7) is 7.08. The minimum absolute atomic E-state index is 0.00211. The number of fused-ring (bicyclic) bond motifs is 6.